The van der Waals surface area contributed by atoms with Gasteiger partial charge in [-0.05, 0) is 52.1 Å². The van der Waals surface area contributed by atoms with E-state index in [4.69, 9.17) is 10.5 Å². The van der Waals surface area contributed by atoms with Crippen molar-refractivity contribution < 1.29 is 4.74 Å². The zero-order valence-corrected chi connectivity index (χ0v) is 12.0. The van der Waals surface area contributed by atoms with Gasteiger partial charge in [-0.25, -0.2) is 0 Å². The van der Waals surface area contributed by atoms with Gasteiger partial charge < -0.3 is 10.5 Å². The molecular formula is C14H30N2O. The summed E-state index contributed by atoms with van der Waals surface area (Å²) in [6.07, 6.45) is 5.02. The van der Waals surface area contributed by atoms with Crippen LogP contribution in [0.2, 0.25) is 0 Å². The molecule has 0 saturated carbocycles. The topological polar surface area (TPSA) is 38.5 Å². The summed E-state index contributed by atoms with van der Waals surface area (Å²) < 4.78 is 5.52. The molecule has 2 N–H and O–H groups in total. The summed E-state index contributed by atoms with van der Waals surface area (Å²) >= 11 is 0. The van der Waals surface area contributed by atoms with Gasteiger partial charge in [0, 0.05) is 19.7 Å². The normalized spacial score (nSPS) is 21.7. The molecule has 0 aromatic rings. The van der Waals surface area contributed by atoms with Crippen LogP contribution in [0.15, 0.2) is 0 Å². The van der Waals surface area contributed by atoms with Crippen LogP contribution in [0.5, 0.6) is 0 Å². The van der Waals surface area contributed by atoms with Crippen LogP contribution >= 0.6 is 0 Å². The first-order valence-corrected chi connectivity index (χ1v) is 7.01. The Kier molecular flexibility index (Phi) is 5.90. The molecule has 1 aliphatic rings. The molecule has 1 unspecified atom stereocenters. The highest BCUT2D eigenvalue weighted by molar-refractivity contribution is 4.84. The number of hydrogen-bond donors (Lipinski definition) is 1. The van der Waals surface area contributed by atoms with Crippen molar-refractivity contribution in [1.82, 2.24) is 4.90 Å². The molecule has 102 valence electrons. The first-order chi connectivity index (χ1) is 8.02. The minimum Gasteiger partial charge on any atom is -0.379 e. The number of hydrogen-bond acceptors (Lipinski definition) is 3. The fourth-order valence-electron chi connectivity index (χ4n) is 2.74. The largest absolute Gasteiger partial charge is 0.379 e. The number of likely N-dealkylation sites (tertiary alicyclic amines) is 1. The lowest BCUT2D eigenvalue weighted by atomic mass is 9.91. The second kappa shape index (κ2) is 6.72. The summed E-state index contributed by atoms with van der Waals surface area (Å²) in [5, 5.41) is 0. The molecule has 1 atom stereocenters. The van der Waals surface area contributed by atoms with Crippen LogP contribution in [0.3, 0.4) is 0 Å². The molecule has 1 rings (SSSR count). The first-order valence-electron chi connectivity index (χ1n) is 7.01. The monoisotopic (exact) mass is 242 g/mol. The fourth-order valence-corrected chi connectivity index (χ4v) is 2.74. The van der Waals surface area contributed by atoms with Gasteiger partial charge in [0.15, 0.2) is 0 Å². The Morgan fingerprint density at radius 1 is 1.35 bits per heavy atom. The Morgan fingerprint density at radius 3 is 2.35 bits per heavy atom. The minimum absolute atomic E-state index is 0.0638. The maximum atomic E-state index is 5.94. The molecule has 0 spiro atoms. The highest BCUT2D eigenvalue weighted by atomic mass is 16.5. The van der Waals surface area contributed by atoms with E-state index in [0.717, 1.165) is 18.9 Å². The fraction of sp³-hybridized carbons (Fsp3) is 1.00. The van der Waals surface area contributed by atoms with Gasteiger partial charge in [0.05, 0.1) is 5.60 Å². The molecule has 0 radical (unpaired) electrons. The zero-order chi connectivity index (χ0) is 12.9. The van der Waals surface area contributed by atoms with Crippen LogP contribution < -0.4 is 5.73 Å². The van der Waals surface area contributed by atoms with Crippen molar-refractivity contribution in [3.63, 3.8) is 0 Å². The van der Waals surface area contributed by atoms with E-state index in [0.29, 0.717) is 6.04 Å². The van der Waals surface area contributed by atoms with Gasteiger partial charge in [0.1, 0.15) is 0 Å². The number of nitrogens with two attached hydrogens (primary N) is 1. The van der Waals surface area contributed by atoms with Crippen LogP contribution in [0.1, 0.15) is 46.5 Å². The summed E-state index contributed by atoms with van der Waals surface area (Å²) in [7, 11) is 1.79. The molecule has 0 bridgehead atoms. The van der Waals surface area contributed by atoms with Gasteiger partial charge in [-0.1, -0.05) is 13.3 Å². The molecule has 1 fully saturated rings. The lowest BCUT2D eigenvalue weighted by Crippen LogP contribution is -2.48. The third kappa shape index (κ3) is 4.57. The lowest BCUT2D eigenvalue weighted by molar-refractivity contribution is -0.0122. The average molecular weight is 242 g/mol. The highest BCUT2D eigenvalue weighted by Gasteiger charge is 2.28. The minimum atomic E-state index is -0.0638. The van der Waals surface area contributed by atoms with E-state index in [1.54, 1.807) is 7.11 Å². The van der Waals surface area contributed by atoms with E-state index in [1.165, 1.54) is 32.4 Å². The van der Waals surface area contributed by atoms with E-state index in [-0.39, 0.29) is 5.60 Å². The summed E-state index contributed by atoms with van der Waals surface area (Å²) in [5.74, 6) is 0.931. The van der Waals surface area contributed by atoms with E-state index in [2.05, 4.69) is 25.7 Å². The third-order valence-electron chi connectivity index (χ3n) is 4.29. The second-order valence-electron chi connectivity index (χ2n) is 5.95. The van der Waals surface area contributed by atoms with Crippen LogP contribution in [-0.2, 0) is 4.74 Å². The van der Waals surface area contributed by atoms with E-state index in [1.807, 2.05) is 0 Å². The van der Waals surface area contributed by atoms with Gasteiger partial charge in [-0.3, -0.25) is 4.90 Å². The van der Waals surface area contributed by atoms with Crippen molar-refractivity contribution in [1.29, 1.82) is 0 Å². The smallest absolute Gasteiger partial charge is 0.0638 e. The standard InChI is InChI=1S/C14H30N2O/c1-5-12-6-8-16(9-7-12)13(11-15)10-14(2,3)17-4/h12-13H,5-11,15H2,1-4H3. The van der Waals surface area contributed by atoms with Gasteiger partial charge in [-0.2, -0.15) is 0 Å². The number of rotatable bonds is 6. The number of piperidine rings is 1. The molecule has 0 aromatic heterocycles. The van der Waals surface area contributed by atoms with Crippen LogP contribution in [0.25, 0.3) is 0 Å². The Labute approximate surface area is 107 Å². The van der Waals surface area contributed by atoms with Crippen LogP contribution in [0.4, 0.5) is 0 Å². The van der Waals surface area contributed by atoms with Gasteiger partial charge in [-0.15, -0.1) is 0 Å². The molecule has 0 aromatic carbocycles. The van der Waals surface area contributed by atoms with Crippen molar-refractivity contribution in [2.75, 3.05) is 26.7 Å². The molecule has 1 saturated heterocycles. The first kappa shape index (κ1) is 14.9. The maximum absolute atomic E-state index is 5.94. The van der Waals surface area contributed by atoms with Crippen molar-refractivity contribution >= 4 is 0 Å². The molecule has 3 nitrogen and oxygen atoms in total. The molecule has 17 heavy (non-hydrogen) atoms. The van der Waals surface area contributed by atoms with Crippen molar-refractivity contribution in [2.24, 2.45) is 11.7 Å². The quantitative estimate of drug-likeness (QED) is 0.776. The lowest BCUT2D eigenvalue weighted by Gasteiger charge is -2.39. The van der Waals surface area contributed by atoms with Crippen molar-refractivity contribution in [3.05, 3.63) is 0 Å². The van der Waals surface area contributed by atoms with Crippen LogP contribution in [0, 0.1) is 5.92 Å². The van der Waals surface area contributed by atoms with Gasteiger partial charge in [0.2, 0.25) is 0 Å². The predicted octanol–water partition coefficient (Wildman–Crippen LogP) is 2.25. The van der Waals surface area contributed by atoms with Crippen molar-refractivity contribution in [3.8, 4) is 0 Å². The summed E-state index contributed by atoms with van der Waals surface area (Å²) in [5.41, 5.74) is 5.87. The predicted molar refractivity (Wildman–Crippen MR) is 73.1 cm³/mol. The highest BCUT2D eigenvalue weighted by Crippen LogP contribution is 2.25. The SMILES string of the molecule is CCC1CCN(C(CN)CC(C)(C)OC)CC1. The third-order valence-corrected chi connectivity index (χ3v) is 4.29. The molecule has 0 aliphatic carbocycles. The van der Waals surface area contributed by atoms with Gasteiger partial charge >= 0.3 is 0 Å². The van der Waals surface area contributed by atoms with Crippen molar-refractivity contribution in [2.45, 2.75) is 58.1 Å². The second-order valence-corrected chi connectivity index (χ2v) is 5.95. The summed E-state index contributed by atoms with van der Waals surface area (Å²) in [6.45, 7) is 9.75. The average Bonchev–Trinajstić information content (AvgIpc) is 2.36. The molecule has 3 heteroatoms. The van der Waals surface area contributed by atoms with Gasteiger partial charge in [0.25, 0.3) is 0 Å². The maximum Gasteiger partial charge on any atom is 0.0638 e. The Morgan fingerprint density at radius 2 is 1.94 bits per heavy atom. The Hall–Kier alpha value is -0.120. The molecule has 1 aliphatic heterocycles. The summed E-state index contributed by atoms with van der Waals surface area (Å²) in [4.78, 5) is 2.56. The Bertz CT molecular complexity index is 210. The van der Waals surface area contributed by atoms with E-state index < -0.39 is 0 Å². The molecule has 0 amide bonds. The zero-order valence-electron chi connectivity index (χ0n) is 12.0. The van der Waals surface area contributed by atoms with Crippen LogP contribution in [-0.4, -0.2) is 43.3 Å². The number of methoxy groups -OCH3 is 1. The Balaban J connectivity index is 2.46. The molecular weight excluding hydrogens is 212 g/mol. The van der Waals surface area contributed by atoms with E-state index >= 15 is 0 Å². The molecule has 1 heterocycles. The van der Waals surface area contributed by atoms with E-state index in [9.17, 15) is 0 Å². The number of ether oxygens (including phenoxy) is 1. The number of nitrogens with zero attached hydrogens (tertiary/aromatic N) is 1. The summed E-state index contributed by atoms with van der Waals surface area (Å²) in [6, 6.07) is 0.475.